The molecule has 1 aromatic rings. The maximum atomic E-state index is 11.8. The lowest BCUT2D eigenvalue weighted by atomic mass is 9.98. The van der Waals surface area contributed by atoms with Crippen LogP contribution in [0.3, 0.4) is 0 Å². The topological polar surface area (TPSA) is 67.4 Å². The first-order chi connectivity index (χ1) is 11.1. The van der Waals surface area contributed by atoms with Gasteiger partial charge in [-0.3, -0.25) is 20.4 Å². The van der Waals surface area contributed by atoms with E-state index in [1.165, 1.54) is 0 Å². The largest absolute Gasteiger partial charge is 0.483 e. The van der Waals surface area contributed by atoms with Gasteiger partial charge in [-0.05, 0) is 30.4 Å². The molecule has 0 saturated carbocycles. The number of nitrogens with one attached hydrogen (secondary N) is 2. The highest BCUT2D eigenvalue weighted by Gasteiger charge is 2.11. The standard InChI is InChI=1S/C18H28N2O3/c1-4-6-7-12-17(21)19-20-18(22)13-23-16-11-9-8-10-15(16)14(3)5-2/h8-11,14H,4-7,12-13H2,1-3H3,(H,19,21)(H,20,22). The van der Waals surface area contributed by atoms with Gasteiger partial charge in [0.15, 0.2) is 6.61 Å². The van der Waals surface area contributed by atoms with Crippen molar-refractivity contribution < 1.29 is 14.3 Å². The minimum Gasteiger partial charge on any atom is -0.483 e. The lowest BCUT2D eigenvalue weighted by Gasteiger charge is -2.15. The van der Waals surface area contributed by atoms with Crippen molar-refractivity contribution in [1.29, 1.82) is 0 Å². The van der Waals surface area contributed by atoms with Crippen LogP contribution < -0.4 is 15.6 Å². The number of hydrazine groups is 1. The Morgan fingerprint density at radius 2 is 1.78 bits per heavy atom. The number of hydrogen-bond acceptors (Lipinski definition) is 3. The molecule has 0 heterocycles. The molecule has 23 heavy (non-hydrogen) atoms. The Labute approximate surface area is 138 Å². The summed E-state index contributed by atoms with van der Waals surface area (Å²) in [7, 11) is 0. The predicted octanol–water partition coefficient (Wildman–Crippen LogP) is 3.31. The van der Waals surface area contributed by atoms with Crippen molar-refractivity contribution in [1.82, 2.24) is 10.9 Å². The number of carbonyl (C=O) groups is 2. The molecule has 1 unspecified atom stereocenters. The SMILES string of the molecule is CCCCCC(=O)NNC(=O)COc1ccccc1C(C)CC. The third-order valence-corrected chi connectivity index (χ3v) is 3.77. The molecule has 0 bridgehead atoms. The van der Waals surface area contributed by atoms with Crippen molar-refractivity contribution in [3.8, 4) is 5.75 Å². The predicted molar refractivity (Wildman–Crippen MR) is 91.1 cm³/mol. The molecule has 1 atom stereocenters. The van der Waals surface area contributed by atoms with E-state index in [9.17, 15) is 9.59 Å². The molecule has 0 aromatic heterocycles. The van der Waals surface area contributed by atoms with Crippen molar-refractivity contribution in [3.05, 3.63) is 29.8 Å². The second-order valence-electron chi connectivity index (χ2n) is 5.69. The minimum atomic E-state index is -0.368. The molecule has 5 nitrogen and oxygen atoms in total. The van der Waals surface area contributed by atoms with Crippen LogP contribution >= 0.6 is 0 Å². The Bertz CT molecular complexity index is 503. The van der Waals surface area contributed by atoms with Gasteiger partial charge in [-0.25, -0.2) is 0 Å². The Balaban J connectivity index is 2.38. The van der Waals surface area contributed by atoms with Crippen molar-refractivity contribution in [2.24, 2.45) is 0 Å². The molecular formula is C18H28N2O3. The highest BCUT2D eigenvalue weighted by molar-refractivity contribution is 5.82. The second kappa shape index (κ2) is 10.6. The van der Waals surface area contributed by atoms with Crippen LogP contribution in [0.15, 0.2) is 24.3 Å². The molecule has 0 fully saturated rings. The monoisotopic (exact) mass is 320 g/mol. The van der Waals surface area contributed by atoms with Gasteiger partial charge in [-0.2, -0.15) is 0 Å². The van der Waals surface area contributed by atoms with Crippen LogP contribution in [-0.2, 0) is 9.59 Å². The number of hydrogen-bond donors (Lipinski definition) is 2. The summed E-state index contributed by atoms with van der Waals surface area (Å²) in [5.74, 6) is 0.540. The van der Waals surface area contributed by atoms with E-state index >= 15 is 0 Å². The van der Waals surface area contributed by atoms with Gasteiger partial charge in [-0.1, -0.05) is 51.8 Å². The van der Waals surface area contributed by atoms with E-state index in [0.717, 1.165) is 31.2 Å². The molecule has 128 valence electrons. The summed E-state index contributed by atoms with van der Waals surface area (Å²) in [5, 5.41) is 0. The molecule has 0 radical (unpaired) electrons. The molecule has 1 aromatic carbocycles. The number of rotatable bonds is 9. The molecule has 0 saturated heterocycles. The fourth-order valence-electron chi connectivity index (χ4n) is 2.16. The van der Waals surface area contributed by atoms with Crippen LogP contribution in [0.4, 0.5) is 0 Å². The van der Waals surface area contributed by atoms with Gasteiger partial charge in [0.05, 0.1) is 0 Å². The molecule has 1 rings (SSSR count). The molecule has 0 aliphatic rings. The summed E-state index contributed by atoms with van der Waals surface area (Å²) in [6.45, 7) is 6.19. The average molecular weight is 320 g/mol. The average Bonchev–Trinajstić information content (AvgIpc) is 2.58. The Morgan fingerprint density at radius 3 is 2.48 bits per heavy atom. The zero-order valence-electron chi connectivity index (χ0n) is 14.4. The summed E-state index contributed by atoms with van der Waals surface area (Å²) in [6, 6.07) is 7.72. The molecule has 0 spiro atoms. The Hall–Kier alpha value is -2.04. The molecule has 5 heteroatoms. The summed E-state index contributed by atoms with van der Waals surface area (Å²) in [5.41, 5.74) is 5.88. The van der Waals surface area contributed by atoms with Crippen LogP contribution in [0.1, 0.15) is 64.4 Å². The van der Waals surface area contributed by atoms with E-state index < -0.39 is 0 Å². The van der Waals surface area contributed by atoms with Crippen molar-refractivity contribution in [2.75, 3.05) is 6.61 Å². The highest BCUT2D eigenvalue weighted by atomic mass is 16.5. The second-order valence-corrected chi connectivity index (χ2v) is 5.69. The molecule has 2 amide bonds. The van der Waals surface area contributed by atoms with Gasteiger partial charge >= 0.3 is 0 Å². The van der Waals surface area contributed by atoms with Crippen LogP contribution in [0.25, 0.3) is 0 Å². The first-order valence-electron chi connectivity index (χ1n) is 8.37. The smallest absolute Gasteiger partial charge is 0.276 e. The zero-order valence-corrected chi connectivity index (χ0v) is 14.4. The highest BCUT2D eigenvalue weighted by Crippen LogP contribution is 2.28. The van der Waals surface area contributed by atoms with E-state index in [1.54, 1.807) is 0 Å². The van der Waals surface area contributed by atoms with Gasteiger partial charge in [-0.15, -0.1) is 0 Å². The van der Waals surface area contributed by atoms with Crippen LogP contribution in [0.5, 0.6) is 5.75 Å². The van der Waals surface area contributed by atoms with Crippen molar-refractivity contribution in [3.63, 3.8) is 0 Å². The quantitative estimate of drug-likeness (QED) is 0.542. The summed E-state index contributed by atoms with van der Waals surface area (Å²) < 4.78 is 5.59. The maximum absolute atomic E-state index is 11.8. The lowest BCUT2D eigenvalue weighted by Crippen LogP contribution is -2.43. The lowest BCUT2D eigenvalue weighted by molar-refractivity contribution is -0.130. The first kappa shape index (κ1) is 19.0. The number of benzene rings is 1. The summed E-state index contributed by atoms with van der Waals surface area (Å²) in [4.78, 5) is 23.3. The fraction of sp³-hybridized carbons (Fsp3) is 0.556. The zero-order chi connectivity index (χ0) is 17.1. The Kier molecular flexibility index (Phi) is 8.80. The number of carbonyl (C=O) groups excluding carboxylic acids is 2. The molecule has 0 aliphatic carbocycles. The van der Waals surface area contributed by atoms with E-state index in [2.05, 4.69) is 31.6 Å². The summed E-state index contributed by atoms with van der Waals surface area (Å²) in [6.07, 6.45) is 4.32. The van der Waals surface area contributed by atoms with E-state index in [0.29, 0.717) is 18.1 Å². The normalized spacial score (nSPS) is 11.6. The molecule has 0 aliphatic heterocycles. The number of unbranched alkanes of at least 4 members (excludes halogenated alkanes) is 2. The number of amides is 2. The van der Waals surface area contributed by atoms with E-state index in [-0.39, 0.29) is 18.4 Å². The third-order valence-electron chi connectivity index (χ3n) is 3.77. The van der Waals surface area contributed by atoms with Crippen LogP contribution in [0, 0.1) is 0 Å². The molecular weight excluding hydrogens is 292 g/mol. The number of para-hydroxylation sites is 1. The van der Waals surface area contributed by atoms with Gasteiger partial charge in [0.1, 0.15) is 5.75 Å². The van der Waals surface area contributed by atoms with E-state index in [1.807, 2.05) is 24.3 Å². The molecule has 2 N–H and O–H groups in total. The summed E-state index contributed by atoms with van der Waals surface area (Å²) >= 11 is 0. The van der Waals surface area contributed by atoms with Crippen LogP contribution in [-0.4, -0.2) is 18.4 Å². The van der Waals surface area contributed by atoms with E-state index in [4.69, 9.17) is 4.74 Å². The third kappa shape index (κ3) is 7.17. The van der Waals surface area contributed by atoms with Gasteiger partial charge in [0, 0.05) is 6.42 Å². The Morgan fingerprint density at radius 1 is 1.09 bits per heavy atom. The van der Waals surface area contributed by atoms with Crippen molar-refractivity contribution in [2.45, 2.75) is 58.8 Å². The maximum Gasteiger partial charge on any atom is 0.276 e. The van der Waals surface area contributed by atoms with Crippen LogP contribution in [0.2, 0.25) is 0 Å². The fourth-order valence-corrected chi connectivity index (χ4v) is 2.16. The number of ether oxygens (including phenoxy) is 1. The first-order valence-corrected chi connectivity index (χ1v) is 8.37. The minimum absolute atomic E-state index is 0.122. The van der Waals surface area contributed by atoms with Gasteiger partial charge in [0.2, 0.25) is 5.91 Å². The van der Waals surface area contributed by atoms with Crippen molar-refractivity contribution >= 4 is 11.8 Å². The van der Waals surface area contributed by atoms with Gasteiger partial charge in [0.25, 0.3) is 5.91 Å². The van der Waals surface area contributed by atoms with Gasteiger partial charge < -0.3 is 4.74 Å².